The number of rotatable bonds is 7. The minimum Gasteiger partial charge on any atom is -0.491 e. The van der Waals surface area contributed by atoms with Crippen LogP contribution in [0.2, 0.25) is 0 Å². The summed E-state index contributed by atoms with van der Waals surface area (Å²) in [7, 11) is 0. The summed E-state index contributed by atoms with van der Waals surface area (Å²) in [5.41, 5.74) is 1.56. The van der Waals surface area contributed by atoms with Crippen LogP contribution in [0.5, 0.6) is 5.75 Å². The molecule has 0 bridgehead atoms. The van der Waals surface area contributed by atoms with Crippen molar-refractivity contribution in [1.82, 2.24) is 5.32 Å². The van der Waals surface area contributed by atoms with Crippen LogP contribution in [0.3, 0.4) is 0 Å². The second kappa shape index (κ2) is 6.40. The summed E-state index contributed by atoms with van der Waals surface area (Å²) in [4.78, 5) is 0. The second-order valence-corrected chi connectivity index (χ2v) is 6.03. The predicted molar refractivity (Wildman–Crippen MR) is 77.5 cm³/mol. The molecule has 0 radical (unpaired) electrons. The van der Waals surface area contributed by atoms with Gasteiger partial charge in [-0.1, -0.05) is 31.5 Å². The number of hydrogen-bond donors (Lipinski definition) is 2. The lowest BCUT2D eigenvalue weighted by molar-refractivity contribution is 0.0943. The summed E-state index contributed by atoms with van der Waals surface area (Å²) in [6.07, 6.45) is 3.49. The Morgan fingerprint density at radius 1 is 1.37 bits per heavy atom. The monoisotopic (exact) mass is 263 g/mol. The molecule has 3 heteroatoms. The van der Waals surface area contributed by atoms with E-state index in [0.717, 1.165) is 17.9 Å². The van der Waals surface area contributed by atoms with Gasteiger partial charge in [0.05, 0.1) is 0 Å². The summed E-state index contributed by atoms with van der Waals surface area (Å²) in [6.45, 7) is 6.25. The van der Waals surface area contributed by atoms with Crippen LogP contribution in [0.25, 0.3) is 0 Å². The van der Waals surface area contributed by atoms with Crippen molar-refractivity contribution in [2.75, 3.05) is 19.7 Å². The quantitative estimate of drug-likeness (QED) is 0.794. The van der Waals surface area contributed by atoms with Crippen molar-refractivity contribution >= 4 is 0 Å². The van der Waals surface area contributed by atoms with E-state index in [1.165, 1.54) is 19.3 Å². The van der Waals surface area contributed by atoms with Gasteiger partial charge in [0.15, 0.2) is 0 Å². The molecule has 0 aromatic heterocycles. The SMILES string of the molecule is Cc1ccccc1OCC(O)CNCC1(C)CCC1. The first-order valence-corrected chi connectivity index (χ1v) is 7.16. The predicted octanol–water partition coefficient (Wildman–Crippen LogP) is 2.51. The maximum atomic E-state index is 9.90. The van der Waals surface area contributed by atoms with Gasteiger partial charge >= 0.3 is 0 Å². The number of ether oxygens (including phenoxy) is 1. The second-order valence-electron chi connectivity index (χ2n) is 6.03. The molecule has 0 heterocycles. The van der Waals surface area contributed by atoms with Gasteiger partial charge in [0.25, 0.3) is 0 Å². The van der Waals surface area contributed by atoms with E-state index >= 15 is 0 Å². The lowest BCUT2D eigenvalue weighted by Crippen LogP contribution is -2.41. The van der Waals surface area contributed by atoms with Crippen molar-refractivity contribution in [3.05, 3.63) is 29.8 Å². The molecule has 2 N–H and O–H groups in total. The van der Waals surface area contributed by atoms with Gasteiger partial charge in [0.2, 0.25) is 0 Å². The first kappa shape index (κ1) is 14.4. The van der Waals surface area contributed by atoms with E-state index in [-0.39, 0.29) is 0 Å². The molecular formula is C16H25NO2. The number of nitrogens with one attached hydrogen (secondary N) is 1. The largest absolute Gasteiger partial charge is 0.491 e. The number of benzene rings is 1. The number of aliphatic hydroxyl groups excluding tert-OH is 1. The zero-order chi connectivity index (χ0) is 13.7. The highest BCUT2D eigenvalue weighted by atomic mass is 16.5. The lowest BCUT2D eigenvalue weighted by atomic mass is 9.70. The number of aliphatic hydroxyl groups is 1. The highest BCUT2D eigenvalue weighted by Gasteiger charge is 2.31. The summed E-state index contributed by atoms with van der Waals surface area (Å²) in [6, 6.07) is 7.88. The molecule has 19 heavy (non-hydrogen) atoms. The average molecular weight is 263 g/mol. The normalized spacial score (nSPS) is 18.7. The molecule has 0 spiro atoms. The molecule has 3 nitrogen and oxygen atoms in total. The number of aryl methyl sites for hydroxylation is 1. The molecule has 2 rings (SSSR count). The molecule has 1 aromatic rings. The molecule has 1 fully saturated rings. The Morgan fingerprint density at radius 3 is 2.74 bits per heavy atom. The molecule has 0 saturated heterocycles. The Hall–Kier alpha value is -1.06. The fourth-order valence-corrected chi connectivity index (χ4v) is 2.46. The number of hydrogen-bond acceptors (Lipinski definition) is 3. The molecule has 1 aromatic carbocycles. The summed E-state index contributed by atoms with van der Waals surface area (Å²) in [5.74, 6) is 0.854. The van der Waals surface area contributed by atoms with E-state index in [9.17, 15) is 5.11 Å². The first-order chi connectivity index (χ1) is 9.09. The van der Waals surface area contributed by atoms with Gasteiger partial charge in [-0.2, -0.15) is 0 Å². The van der Waals surface area contributed by atoms with Crippen LogP contribution in [-0.4, -0.2) is 30.9 Å². The van der Waals surface area contributed by atoms with Gasteiger partial charge in [-0.05, 0) is 36.8 Å². The average Bonchev–Trinajstić information content (AvgIpc) is 2.36. The van der Waals surface area contributed by atoms with Gasteiger partial charge < -0.3 is 15.2 Å². The molecular weight excluding hydrogens is 238 g/mol. The third kappa shape index (κ3) is 4.22. The van der Waals surface area contributed by atoms with E-state index < -0.39 is 6.10 Å². The topological polar surface area (TPSA) is 41.5 Å². The molecule has 1 atom stereocenters. The fourth-order valence-electron chi connectivity index (χ4n) is 2.46. The zero-order valence-electron chi connectivity index (χ0n) is 12.0. The van der Waals surface area contributed by atoms with E-state index in [4.69, 9.17) is 4.74 Å². The smallest absolute Gasteiger partial charge is 0.122 e. The van der Waals surface area contributed by atoms with Crippen molar-refractivity contribution in [1.29, 1.82) is 0 Å². The maximum absolute atomic E-state index is 9.90. The molecule has 1 unspecified atom stereocenters. The van der Waals surface area contributed by atoms with Crippen LogP contribution in [0, 0.1) is 12.3 Å². The summed E-state index contributed by atoms with van der Waals surface area (Å²) < 4.78 is 5.63. The fraction of sp³-hybridized carbons (Fsp3) is 0.625. The van der Waals surface area contributed by atoms with Gasteiger partial charge in [-0.3, -0.25) is 0 Å². The van der Waals surface area contributed by atoms with E-state index in [1.807, 2.05) is 31.2 Å². The Morgan fingerprint density at radius 2 is 2.11 bits per heavy atom. The standard InChI is InChI=1S/C16H25NO2/c1-13-6-3-4-7-15(13)19-11-14(18)10-17-12-16(2)8-5-9-16/h3-4,6-7,14,17-18H,5,8-12H2,1-2H3. The van der Waals surface area contributed by atoms with Gasteiger partial charge in [0, 0.05) is 13.1 Å². The summed E-state index contributed by atoms with van der Waals surface area (Å²) in [5, 5.41) is 13.2. The van der Waals surface area contributed by atoms with E-state index in [1.54, 1.807) is 0 Å². The molecule has 1 aliphatic carbocycles. The third-order valence-electron chi connectivity index (χ3n) is 4.02. The molecule has 1 aliphatic rings. The molecule has 0 aliphatic heterocycles. The van der Waals surface area contributed by atoms with Crippen LogP contribution < -0.4 is 10.1 Å². The summed E-state index contributed by atoms with van der Waals surface area (Å²) >= 11 is 0. The first-order valence-electron chi connectivity index (χ1n) is 7.16. The van der Waals surface area contributed by atoms with Crippen molar-refractivity contribution in [2.24, 2.45) is 5.41 Å². The Kier molecular flexibility index (Phi) is 4.83. The van der Waals surface area contributed by atoms with Crippen LogP contribution in [-0.2, 0) is 0 Å². The van der Waals surface area contributed by atoms with Crippen molar-refractivity contribution in [2.45, 2.75) is 39.2 Å². The Bertz CT molecular complexity index is 401. The van der Waals surface area contributed by atoms with Crippen LogP contribution in [0.4, 0.5) is 0 Å². The van der Waals surface area contributed by atoms with Crippen LogP contribution in [0.1, 0.15) is 31.7 Å². The van der Waals surface area contributed by atoms with Crippen LogP contribution >= 0.6 is 0 Å². The maximum Gasteiger partial charge on any atom is 0.122 e. The van der Waals surface area contributed by atoms with E-state index in [0.29, 0.717) is 18.6 Å². The van der Waals surface area contributed by atoms with Gasteiger partial charge in [-0.25, -0.2) is 0 Å². The highest BCUT2D eigenvalue weighted by Crippen LogP contribution is 2.39. The molecule has 1 saturated carbocycles. The van der Waals surface area contributed by atoms with E-state index in [2.05, 4.69) is 12.2 Å². The van der Waals surface area contributed by atoms with Gasteiger partial charge in [0.1, 0.15) is 18.5 Å². The minimum absolute atomic E-state index is 0.342. The van der Waals surface area contributed by atoms with Gasteiger partial charge in [-0.15, -0.1) is 0 Å². The van der Waals surface area contributed by atoms with Crippen molar-refractivity contribution in [3.63, 3.8) is 0 Å². The highest BCUT2D eigenvalue weighted by molar-refractivity contribution is 5.31. The molecule has 0 amide bonds. The number of para-hydroxylation sites is 1. The van der Waals surface area contributed by atoms with Crippen molar-refractivity contribution in [3.8, 4) is 5.75 Å². The zero-order valence-corrected chi connectivity index (χ0v) is 12.0. The van der Waals surface area contributed by atoms with Crippen molar-refractivity contribution < 1.29 is 9.84 Å². The van der Waals surface area contributed by atoms with Crippen LogP contribution in [0.15, 0.2) is 24.3 Å². The Balaban J connectivity index is 1.64. The minimum atomic E-state index is -0.455. The molecule has 106 valence electrons. The third-order valence-corrected chi connectivity index (χ3v) is 4.02. The lowest BCUT2D eigenvalue weighted by Gasteiger charge is -2.38. The Labute approximate surface area is 116 Å².